The van der Waals surface area contributed by atoms with Gasteiger partial charge in [-0.3, -0.25) is 10.1 Å². The summed E-state index contributed by atoms with van der Waals surface area (Å²) in [6, 6.07) is 4.07. The summed E-state index contributed by atoms with van der Waals surface area (Å²) in [4.78, 5) is 28.1. The predicted octanol–water partition coefficient (Wildman–Crippen LogP) is 3.01. The second-order valence-corrected chi connectivity index (χ2v) is 9.14. The quantitative estimate of drug-likeness (QED) is 0.688. The van der Waals surface area contributed by atoms with Gasteiger partial charge in [0.15, 0.2) is 10.8 Å². The van der Waals surface area contributed by atoms with E-state index >= 15 is 0 Å². The number of carbonyl (C=O) groups is 2. The molecule has 1 aromatic heterocycles. The van der Waals surface area contributed by atoms with Gasteiger partial charge in [0.25, 0.3) is 5.91 Å². The fourth-order valence-corrected chi connectivity index (χ4v) is 5.40. The van der Waals surface area contributed by atoms with E-state index in [-0.39, 0.29) is 32.9 Å². The molecule has 0 saturated carbocycles. The van der Waals surface area contributed by atoms with Gasteiger partial charge in [-0.1, -0.05) is 11.6 Å². The first kappa shape index (κ1) is 20.7. The Kier molecular flexibility index (Phi) is 6.33. The minimum Gasteiger partial charge on any atom is -0.461 e. The molecule has 0 spiro atoms. The summed E-state index contributed by atoms with van der Waals surface area (Å²) >= 11 is 7.16. The van der Waals surface area contributed by atoms with E-state index in [2.05, 4.69) is 10.3 Å². The Balaban J connectivity index is 1.80. The zero-order valence-corrected chi connectivity index (χ0v) is 17.4. The van der Waals surface area contributed by atoms with Crippen LogP contribution in [-0.2, 0) is 14.8 Å². The van der Waals surface area contributed by atoms with E-state index in [9.17, 15) is 18.0 Å². The third kappa shape index (κ3) is 4.35. The molecule has 0 atom stereocenters. The van der Waals surface area contributed by atoms with E-state index in [0.29, 0.717) is 13.1 Å². The minimum absolute atomic E-state index is 0.0577. The van der Waals surface area contributed by atoms with Gasteiger partial charge in [-0.05, 0) is 38.0 Å². The smallest absolute Gasteiger partial charge is 0.357 e. The lowest BCUT2D eigenvalue weighted by atomic mass is 10.2. The SMILES string of the molecule is CCOC(=O)c1csc(NC(=O)c2ccc(Cl)c(S(=O)(=O)N3CCCC3)c2)n1. The third-order valence-electron chi connectivity index (χ3n) is 4.09. The highest BCUT2D eigenvalue weighted by molar-refractivity contribution is 7.89. The number of carbonyl (C=O) groups excluding carboxylic acids is 2. The largest absolute Gasteiger partial charge is 0.461 e. The average molecular weight is 444 g/mol. The summed E-state index contributed by atoms with van der Waals surface area (Å²) in [6.07, 6.45) is 1.59. The van der Waals surface area contributed by atoms with Gasteiger partial charge in [0.1, 0.15) is 4.90 Å². The molecule has 0 unspecified atom stereocenters. The summed E-state index contributed by atoms with van der Waals surface area (Å²) in [5, 5.41) is 4.28. The first-order chi connectivity index (χ1) is 13.3. The molecule has 1 saturated heterocycles. The molecule has 2 heterocycles. The fraction of sp³-hybridized carbons (Fsp3) is 0.353. The number of benzene rings is 1. The highest BCUT2D eigenvalue weighted by Gasteiger charge is 2.29. The van der Waals surface area contributed by atoms with E-state index in [1.54, 1.807) is 6.92 Å². The lowest BCUT2D eigenvalue weighted by Gasteiger charge is -2.17. The number of halogens is 1. The van der Waals surface area contributed by atoms with Crippen molar-refractivity contribution in [3.05, 3.63) is 39.9 Å². The maximum atomic E-state index is 12.8. The molecule has 28 heavy (non-hydrogen) atoms. The van der Waals surface area contributed by atoms with Gasteiger partial charge in [-0.15, -0.1) is 11.3 Å². The maximum absolute atomic E-state index is 12.8. The number of rotatable bonds is 6. The molecule has 1 aromatic carbocycles. The van der Waals surface area contributed by atoms with E-state index < -0.39 is 21.9 Å². The Labute approximate surface area is 171 Å². The lowest BCUT2D eigenvalue weighted by molar-refractivity contribution is 0.0520. The maximum Gasteiger partial charge on any atom is 0.357 e. The number of aromatic nitrogens is 1. The molecule has 8 nitrogen and oxygen atoms in total. The summed E-state index contributed by atoms with van der Waals surface area (Å²) < 4.78 is 31.8. The van der Waals surface area contributed by atoms with Crippen LogP contribution in [0.5, 0.6) is 0 Å². The first-order valence-corrected chi connectivity index (χ1v) is 11.3. The molecule has 0 aliphatic carbocycles. The van der Waals surface area contributed by atoms with Crippen LogP contribution in [0, 0.1) is 0 Å². The van der Waals surface area contributed by atoms with Crippen molar-refractivity contribution < 1.29 is 22.7 Å². The number of anilines is 1. The lowest BCUT2D eigenvalue weighted by Crippen LogP contribution is -2.28. The average Bonchev–Trinajstić information content (AvgIpc) is 3.34. The monoisotopic (exact) mass is 443 g/mol. The zero-order valence-electron chi connectivity index (χ0n) is 15.0. The second kappa shape index (κ2) is 8.56. The number of hydrogen-bond donors (Lipinski definition) is 1. The molecule has 1 amide bonds. The van der Waals surface area contributed by atoms with E-state index in [4.69, 9.17) is 16.3 Å². The van der Waals surface area contributed by atoms with Crippen LogP contribution < -0.4 is 5.32 Å². The van der Waals surface area contributed by atoms with E-state index in [1.807, 2.05) is 0 Å². The molecule has 2 aromatic rings. The third-order valence-corrected chi connectivity index (χ3v) is 7.22. The van der Waals surface area contributed by atoms with E-state index in [0.717, 1.165) is 24.2 Å². The summed E-state index contributed by atoms with van der Waals surface area (Å²) in [5.41, 5.74) is 0.214. The van der Waals surface area contributed by atoms with Crippen LogP contribution in [0.4, 0.5) is 5.13 Å². The van der Waals surface area contributed by atoms with Crippen molar-refractivity contribution >= 4 is 50.0 Å². The topological polar surface area (TPSA) is 106 Å². The van der Waals surface area contributed by atoms with Gasteiger partial charge in [0.2, 0.25) is 10.0 Å². The molecule has 1 fully saturated rings. The number of nitrogens with one attached hydrogen (secondary N) is 1. The summed E-state index contributed by atoms with van der Waals surface area (Å²) in [7, 11) is -3.76. The van der Waals surface area contributed by atoms with Crippen LogP contribution in [0.1, 0.15) is 40.6 Å². The van der Waals surface area contributed by atoms with Crippen molar-refractivity contribution in [1.29, 1.82) is 0 Å². The Morgan fingerprint density at radius 1 is 1.32 bits per heavy atom. The van der Waals surface area contributed by atoms with E-state index in [1.165, 1.54) is 27.9 Å². The molecule has 1 N–H and O–H groups in total. The molecule has 0 radical (unpaired) electrons. The number of sulfonamides is 1. The molecule has 150 valence electrons. The van der Waals surface area contributed by atoms with Crippen LogP contribution in [0.2, 0.25) is 5.02 Å². The molecule has 0 bridgehead atoms. The second-order valence-electron chi connectivity index (χ2n) is 5.97. The molecular formula is C17H18ClN3O5S2. The van der Waals surface area contributed by atoms with Crippen LogP contribution in [0.25, 0.3) is 0 Å². The first-order valence-electron chi connectivity index (χ1n) is 8.56. The molecule has 3 rings (SSSR count). The van der Waals surface area contributed by atoms with Gasteiger partial charge >= 0.3 is 5.97 Å². The van der Waals surface area contributed by atoms with Gasteiger partial charge in [-0.2, -0.15) is 4.31 Å². The van der Waals surface area contributed by atoms with Crippen molar-refractivity contribution in [3.63, 3.8) is 0 Å². The fourth-order valence-electron chi connectivity index (χ4n) is 2.71. The Morgan fingerprint density at radius 3 is 2.71 bits per heavy atom. The summed E-state index contributed by atoms with van der Waals surface area (Å²) in [6.45, 7) is 2.77. The van der Waals surface area contributed by atoms with Crippen molar-refractivity contribution in [2.75, 3.05) is 25.0 Å². The van der Waals surface area contributed by atoms with Crippen LogP contribution in [0.15, 0.2) is 28.5 Å². The molecular weight excluding hydrogens is 426 g/mol. The standard InChI is InChI=1S/C17H18ClN3O5S2/c1-2-26-16(23)13-10-27-17(19-13)20-15(22)11-5-6-12(18)14(9-11)28(24,25)21-7-3-4-8-21/h5-6,9-10H,2-4,7-8H2,1H3,(H,19,20,22). The Hall–Kier alpha value is -2.01. The highest BCUT2D eigenvalue weighted by atomic mass is 35.5. The number of esters is 1. The molecule has 11 heteroatoms. The normalized spacial score (nSPS) is 14.8. The van der Waals surface area contributed by atoms with Gasteiger partial charge in [0, 0.05) is 24.0 Å². The van der Waals surface area contributed by atoms with Crippen LogP contribution in [-0.4, -0.2) is 49.3 Å². The number of thiazole rings is 1. The summed E-state index contributed by atoms with van der Waals surface area (Å²) in [5.74, 6) is -1.14. The van der Waals surface area contributed by atoms with Crippen LogP contribution in [0.3, 0.4) is 0 Å². The predicted molar refractivity (Wildman–Crippen MR) is 105 cm³/mol. The van der Waals surface area contributed by atoms with Gasteiger partial charge in [-0.25, -0.2) is 18.2 Å². The van der Waals surface area contributed by atoms with Crippen LogP contribution >= 0.6 is 22.9 Å². The Morgan fingerprint density at radius 2 is 2.04 bits per heavy atom. The molecule has 1 aliphatic heterocycles. The number of ether oxygens (including phenoxy) is 1. The van der Waals surface area contributed by atoms with Crippen molar-refractivity contribution in [2.24, 2.45) is 0 Å². The zero-order chi connectivity index (χ0) is 20.3. The van der Waals surface area contributed by atoms with Crippen molar-refractivity contribution in [3.8, 4) is 0 Å². The van der Waals surface area contributed by atoms with Crippen molar-refractivity contribution in [1.82, 2.24) is 9.29 Å². The van der Waals surface area contributed by atoms with Gasteiger partial charge in [0.05, 0.1) is 11.6 Å². The Bertz CT molecular complexity index is 1000. The number of nitrogens with zero attached hydrogens (tertiary/aromatic N) is 2. The van der Waals surface area contributed by atoms with Gasteiger partial charge < -0.3 is 4.74 Å². The minimum atomic E-state index is -3.76. The molecule has 1 aliphatic rings. The van der Waals surface area contributed by atoms with Crippen molar-refractivity contribution in [2.45, 2.75) is 24.7 Å². The number of amides is 1. The highest BCUT2D eigenvalue weighted by Crippen LogP contribution is 2.28. The number of hydrogen-bond acceptors (Lipinski definition) is 7.